The zero-order valence-corrected chi connectivity index (χ0v) is 16.8. The average molecular weight is 398 g/mol. The number of aromatic amines is 1. The van der Waals surface area contributed by atoms with E-state index in [1.54, 1.807) is 18.6 Å². The van der Waals surface area contributed by atoms with Gasteiger partial charge in [0.15, 0.2) is 6.61 Å². The molecule has 2 N–H and O–H groups in total. The molecule has 1 amide bonds. The van der Waals surface area contributed by atoms with Gasteiger partial charge in [0.2, 0.25) is 0 Å². The summed E-state index contributed by atoms with van der Waals surface area (Å²) in [6, 6.07) is 15.8. The molecule has 0 spiro atoms. The summed E-state index contributed by atoms with van der Waals surface area (Å²) >= 11 is 0. The highest BCUT2D eigenvalue weighted by atomic mass is 16.5. The minimum atomic E-state index is -0.329. The van der Waals surface area contributed by atoms with E-state index in [2.05, 4.69) is 20.5 Å². The molecule has 0 fully saturated rings. The predicted octanol–water partition coefficient (Wildman–Crippen LogP) is 4.38. The number of ether oxygens (including phenoxy) is 1. The number of benzene rings is 2. The van der Waals surface area contributed by atoms with Crippen LogP contribution in [0.15, 0.2) is 72.2 Å². The molecule has 0 bridgehead atoms. The third-order valence-electron chi connectivity index (χ3n) is 4.76. The van der Waals surface area contributed by atoms with Crippen molar-refractivity contribution in [2.75, 3.05) is 6.61 Å². The Balaban J connectivity index is 1.45. The largest absolute Gasteiger partial charge is 0.483 e. The summed E-state index contributed by atoms with van der Waals surface area (Å²) in [5, 5.41) is 5.12. The Labute approximate surface area is 174 Å². The number of carbonyl (C=O) groups excluding carboxylic acids is 1. The van der Waals surface area contributed by atoms with Crippen LogP contribution in [0.5, 0.6) is 5.75 Å². The fourth-order valence-corrected chi connectivity index (χ4v) is 3.45. The van der Waals surface area contributed by atoms with E-state index in [9.17, 15) is 4.79 Å². The molecule has 6 nitrogen and oxygen atoms in total. The number of nitrogens with zero attached hydrogens (tertiary/aromatic N) is 2. The number of aromatic nitrogens is 2. The Morgan fingerprint density at radius 2 is 2.10 bits per heavy atom. The van der Waals surface area contributed by atoms with Crippen LogP contribution in [-0.2, 0) is 4.79 Å². The van der Waals surface area contributed by atoms with Gasteiger partial charge in [-0.05, 0) is 49.2 Å². The lowest BCUT2D eigenvalue weighted by Crippen LogP contribution is -2.25. The number of rotatable bonds is 6. The highest BCUT2D eigenvalue weighted by molar-refractivity contribution is 5.98. The zero-order valence-electron chi connectivity index (χ0n) is 16.8. The molecule has 2 aromatic carbocycles. The van der Waals surface area contributed by atoms with Gasteiger partial charge < -0.3 is 9.72 Å². The van der Waals surface area contributed by atoms with Crippen LogP contribution in [0, 0.1) is 13.8 Å². The minimum Gasteiger partial charge on any atom is -0.483 e. The Morgan fingerprint density at radius 1 is 1.20 bits per heavy atom. The van der Waals surface area contributed by atoms with E-state index in [0.29, 0.717) is 5.75 Å². The molecule has 0 aliphatic carbocycles. The molecule has 0 saturated heterocycles. The molecule has 0 unspecified atom stereocenters. The first-order chi connectivity index (χ1) is 14.6. The van der Waals surface area contributed by atoms with Crippen LogP contribution >= 0.6 is 0 Å². The molecule has 0 atom stereocenters. The summed E-state index contributed by atoms with van der Waals surface area (Å²) in [6.45, 7) is 3.86. The molecular weight excluding hydrogens is 376 g/mol. The fraction of sp³-hybridized carbons (Fsp3) is 0.125. The van der Waals surface area contributed by atoms with Crippen LogP contribution < -0.4 is 10.2 Å². The first-order valence-electron chi connectivity index (χ1n) is 9.64. The number of nitrogens with one attached hydrogen (secondary N) is 2. The number of fused-ring (bicyclic) bond motifs is 1. The van der Waals surface area contributed by atoms with Crippen molar-refractivity contribution >= 4 is 23.0 Å². The summed E-state index contributed by atoms with van der Waals surface area (Å²) < 4.78 is 5.88. The molecule has 4 aromatic rings. The van der Waals surface area contributed by atoms with Gasteiger partial charge >= 0.3 is 0 Å². The molecule has 150 valence electrons. The standard InChI is InChI=1S/C24H22N4O2/c1-16-11-17(2)24(21(12-16)18-6-4-9-25-13-18)30-15-23(29)28-27-14-19-5-3-7-22-20(19)8-10-26-22/h3-14,26H,15H2,1-2H3,(H,28,29). The molecule has 0 aliphatic heterocycles. The number of aryl methyl sites for hydroxylation is 2. The van der Waals surface area contributed by atoms with Crippen LogP contribution in [0.2, 0.25) is 0 Å². The number of pyridine rings is 1. The van der Waals surface area contributed by atoms with E-state index >= 15 is 0 Å². The van der Waals surface area contributed by atoms with E-state index in [4.69, 9.17) is 4.74 Å². The van der Waals surface area contributed by atoms with Gasteiger partial charge in [0, 0.05) is 46.2 Å². The average Bonchev–Trinajstić information content (AvgIpc) is 3.23. The second-order valence-corrected chi connectivity index (χ2v) is 7.07. The minimum absolute atomic E-state index is 0.136. The maximum Gasteiger partial charge on any atom is 0.277 e. The molecule has 0 radical (unpaired) electrons. The number of hydrogen-bond acceptors (Lipinski definition) is 4. The number of hydrazone groups is 1. The molecule has 4 rings (SSSR count). The maximum absolute atomic E-state index is 12.3. The van der Waals surface area contributed by atoms with Gasteiger partial charge in [0.25, 0.3) is 5.91 Å². The third kappa shape index (κ3) is 4.22. The Bertz CT molecular complexity index is 1210. The molecule has 0 saturated carbocycles. The van der Waals surface area contributed by atoms with Gasteiger partial charge in [-0.25, -0.2) is 5.43 Å². The van der Waals surface area contributed by atoms with Crippen LogP contribution in [0.1, 0.15) is 16.7 Å². The fourth-order valence-electron chi connectivity index (χ4n) is 3.45. The number of hydrogen-bond donors (Lipinski definition) is 2. The van der Waals surface area contributed by atoms with Crippen molar-refractivity contribution in [3.05, 3.63) is 83.8 Å². The monoisotopic (exact) mass is 398 g/mol. The molecule has 30 heavy (non-hydrogen) atoms. The van der Waals surface area contributed by atoms with Crippen LogP contribution in [0.25, 0.3) is 22.0 Å². The van der Waals surface area contributed by atoms with Crippen molar-refractivity contribution in [2.45, 2.75) is 13.8 Å². The van der Waals surface area contributed by atoms with Gasteiger partial charge in [-0.15, -0.1) is 0 Å². The van der Waals surface area contributed by atoms with Crippen molar-refractivity contribution in [1.82, 2.24) is 15.4 Å². The molecular formula is C24H22N4O2. The number of carbonyl (C=O) groups is 1. The van der Waals surface area contributed by atoms with Crippen molar-refractivity contribution in [1.29, 1.82) is 0 Å². The molecule has 2 heterocycles. The van der Waals surface area contributed by atoms with Gasteiger partial charge in [-0.1, -0.05) is 24.3 Å². The Hall–Kier alpha value is -3.93. The zero-order chi connectivity index (χ0) is 20.9. The lowest BCUT2D eigenvalue weighted by atomic mass is 10.0. The smallest absolute Gasteiger partial charge is 0.277 e. The number of H-pyrrole nitrogens is 1. The summed E-state index contributed by atoms with van der Waals surface area (Å²) in [5.74, 6) is 0.342. The van der Waals surface area contributed by atoms with Crippen molar-refractivity contribution in [2.24, 2.45) is 5.10 Å². The van der Waals surface area contributed by atoms with Crippen molar-refractivity contribution in [3.63, 3.8) is 0 Å². The van der Waals surface area contributed by atoms with E-state index in [1.165, 1.54) is 0 Å². The Morgan fingerprint density at radius 3 is 2.93 bits per heavy atom. The summed E-state index contributed by atoms with van der Waals surface area (Å²) in [6.07, 6.45) is 7.02. The highest BCUT2D eigenvalue weighted by Gasteiger charge is 2.12. The lowest BCUT2D eigenvalue weighted by Gasteiger charge is -2.15. The van der Waals surface area contributed by atoms with Crippen molar-refractivity contribution in [3.8, 4) is 16.9 Å². The van der Waals surface area contributed by atoms with Gasteiger partial charge in [0.05, 0.1) is 6.21 Å². The maximum atomic E-state index is 12.3. The van der Waals surface area contributed by atoms with Gasteiger partial charge in [-0.3, -0.25) is 9.78 Å². The van der Waals surface area contributed by atoms with E-state index in [0.717, 1.165) is 38.7 Å². The summed E-state index contributed by atoms with van der Waals surface area (Å²) in [5.41, 5.74) is 8.41. The lowest BCUT2D eigenvalue weighted by molar-refractivity contribution is -0.123. The topological polar surface area (TPSA) is 79.4 Å². The van der Waals surface area contributed by atoms with E-state index < -0.39 is 0 Å². The molecule has 0 aliphatic rings. The van der Waals surface area contributed by atoms with Crippen LogP contribution in [0.4, 0.5) is 0 Å². The predicted molar refractivity (Wildman–Crippen MR) is 119 cm³/mol. The SMILES string of the molecule is Cc1cc(C)c(OCC(=O)NN=Cc2cccc3[nH]ccc23)c(-c2cccnc2)c1. The summed E-state index contributed by atoms with van der Waals surface area (Å²) in [4.78, 5) is 19.6. The summed E-state index contributed by atoms with van der Waals surface area (Å²) in [7, 11) is 0. The second-order valence-electron chi connectivity index (χ2n) is 7.07. The van der Waals surface area contributed by atoms with E-state index in [1.807, 2.05) is 68.6 Å². The molecule has 6 heteroatoms. The highest BCUT2D eigenvalue weighted by Crippen LogP contribution is 2.33. The van der Waals surface area contributed by atoms with Crippen LogP contribution in [-0.4, -0.2) is 28.7 Å². The second kappa shape index (κ2) is 8.61. The molecule has 2 aromatic heterocycles. The van der Waals surface area contributed by atoms with Crippen LogP contribution in [0.3, 0.4) is 0 Å². The van der Waals surface area contributed by atoms with Gasteiger partial charge in [0.1, 0.15) is 5.75 Å². The third-order valence-corrected chi connectivity index (χ3v) is 4.76. The van der Waals surface area contributed by atoms with Crippen molar-refractivity contribution < 1.29 is 9.53 Å². The van der Waals surface area contributed by atoms with Gasteiger partial charge in [-0.2, -0.15) is 5.10 Å². The first-order valence-corrected chi connectivity index (χ1v) is 9.64. The first kappa shape index (κ1) is 19.4. The van der Waals surface area contributed by atoms with E-state index in [-0.39, 0.29) is 12.5 Å². The quantitative estimate of drug-likeness (QED) is 0.374. The Kier molecular flexibility index (Phi) is 5.57. The number of amides is 1. The normalized spacial score (nSPS) is 11.1.